The minimum Gasteiger partial charge on any atom is -0.480 e. The van der Waals surface area contributed by atoms with Gasteiger partial charge in [0.25, 0.3) is 0 Å². The van der Waals surface area contributed by atoms with Crippen LogP contribution in [0.3, 0.4) is 0 Å². The highest BCUT2D eigenvalue weighted by Gasteiger charge is 2.31. The number of aliphatic carboxylic acids is 1. The van der Waals surface area contributed by atoms with Gasteiger partial charge < -0.3 is 31.9 Å². The van der Waals surface area contributed by atoms with Crippen LogP contribution < -0.4 is 21.7 Å². The number of benzene rings is 1. The van der Waals surface area contributed by atoms with E-state index in [0.717, 1.165) is 5.56 Å². The first-order valence-corrected chi connectivity index (χ1v) is 10.6. The summed E-state index contributed by atoms with van der Waals surface area (Å²) in [5.41, 5.74) is 6.77. The first kappa shape index (κ1) is 27.1. The summed E-state index contributed by atoms with van der Waals surface area (Å²) >= 11 is 0. The summed E-state index contributed by atoms with van der Waals surface area (Å²) in [6.07, 6.45) is -0.478. The van der Waals surface area contributed by atoms with Crippen molar-refractivity contribution in [3.05, 3.63) is 35.9 Å². The standard InChI is InChI=1S/C22H34N4O6/c1-5-12(2)17(22(31)32)25-19(28)13(3)24-21(30)18(14(4)27)26-20(29)16(23)11-15-9-7-6-8-10-15/h6-10,12-14,16-18,27H,5,11,23H2,1-4H3,(H,24,30)(H,25,28)(H,26,29)(H,31,32). The van der Waals surface area contributed by atoms with Crippen LogP contribution in [0.2, 0.25) is 0 Å². The molecule has 178 valence electrons. The highest BCUT2D eigenvalue weighted by Crippen LogP contribution is 2.08. The summed E-state index contributed by atoms with van der Waals surface area (Å²) in [7, 11) is 0. The summed E-state index contributed by atoms with van der Waals surface area (Å²) in [6.45, 7) is 6.20. The van der Waals surface area contributed by atoms with E-state index < -0.39 is 54.0 Å². The average molecular weight is 451 g/mol. The van der Waals surface area contributed by atoms with Crippen LogP contribution in [-0.2, 0) is 25.6 Å². The number of carboxylic acids is 1. The van der Waals surface area contributed by atoms with Crippen LogP contribution in [0.4, 0.5) is 0 Å². The lowest BCUT2D eigenvalue weighted by atomic mass is 9.99. The van der Waals surface area contributed by atoms with Crippen molar-refractivity contribution in [1.29, 1.82) is 0 Å². The number of nitrogens with two attached hydrogens (primary N) is 1. The number of amides is 3. The Kier molecular flexibility index (Phi) is 10.8. The predicted octanol–water partition coefficient (Wildman–Crippen LogP) is -0.458. The molecule has 3 amide bonds. The van der Waals surface area contributed by atoms with E-state index in [4.69, 9.17) is 5.73 Å². The van der Waals surface area contributed by atoms with Gasteiger partial charge in [-0.2, -0.15) is 0 Å². The number of rotatable bonds is 12. The molecule has 0 heterocycles. The molecule has 6 unspecified atom stereocenters. The molecular formula is C22H34N4O6. The minimum absolute atomic E-state index is 0.242. The second-order valence-electron chi connectivity index (χ2n) is 7.96. The molecule has 0 saturated carbocycles. The quantitative estimate of drug-likeness (QED) is 0.250. The molecule has 1 aromatic rings. The van der Waals surface area contributed by atoms with Crippen LogP contribution in [0.15, 0.2) is 30.3 Å². The number of nitrogens with one attached hydrogen (secondary N) is 3. The third-order valence-corrected chi connectivity index (χ3v) is 5.23. The topological polar surface area (TPSA) is 171 Å². The van der Waals surface area contributed by atoms with Gasteiger partial charge in [0.05, 0.1) is 12.1 Å². The Bertz CT molecular complexity index is 786. The molecule has 6 atom stereocenters. The normalized spacial score (nSPS) is 16.6. The molecule has 0 aliphatic carbocycles. The van der Waals surface area contributed by atoms with Gasteiger partial charge in [0.1, 0.15) is 18.1 Å². The number of hydrogen-bond acceptors (Lipinski definition) is 6. The van der Waals surface area contributed by atoms with E-state index in [0.29, 0.717) is 6.42 Å². The molecule has 0 aliphatic rings. The second kappa shape index (κ2) is 12.8. The number of hydrogen-bond donors (Lipinski definition) is 6. The van der Waals surface area contributed by atoms with E-state index >= 15 is 0 Å². The van der Waals surface area contributed by atoms with Gasteiger partial charge in [-0.25, -0.2) is 4.79 Å². The average Bonchev–Trinajstić information content (AvgIpc) is 2.74. The smallest absolute Gasteiger partial charge is 0.326 e. The first-order chi connectivity index (χ1) is 15.0. The summed E-state index contributed by atoms with van der Waals surface area (Å²) in [6, 6.07) is 4.61. The summed E-state index contributed by atoms with van der Waals surface area (Å²) in [5.74, 6) is -3.60. The van der Waals surface area contributed by atoms with E-state index in [1.807, 2.05) is 30.3 Å². The number of aliphatic hydroxyl groups is 1. The third-order valence-electron chi connectivity index (χ3n) is 5.23. The maximum Gasteiger partial charge on any atom is 0.326 e. The molecule has 0 fully saturated rings. The SMILES string of the molecule is CCC(C)C(NC(=O)C(C)NC(=O)C(NC(=O)C(N)Cc1ccccc1)C(C)O)C(=O)O. The molecule has 0 bridgehead atoms. The fourth-order valence-electron chi connectivity index (χ4n) is 2.96. The molecular weight excluding hydrogens is 416 g/mol. The Morgan fingerprint density at radius 2 is 1.47 bits per heavy atom. The Morgan fingerprint density at radius 1 is 0.906 bits per heavy atom. The minimum atomic E-state index is -1.34. The van der Waals surface area contributed by atoms with Gasteiger partial charge in [-0.15, -0.1) is 0 Å². The molecule has 10 nitrogen and oxygen atoms in total. The fraction of sp³-hybridized carbons (Fsp3) is 0.545. The first-order valence-electron chi connectivity index (χ1n) is 10.6. The number of carboxylic acid groups (broad SMARTS) is 1. The van der Waals surface area contributed by atoms with Crippen LogP contribution >= 0.6 is 0 Å². The van der Waals surface area contributed by atoms with Crippen molar-refractivity contribution in [2.24, 2.45) is 11.7 Å². The second-order valence-corrected chi connectivity index (χ2v) is 7.96. The Morgan fingerprint density at radius 3 is 1.97 bits per heavy atom. The van der Waals surface area contributed by atoms with E-state index in [1.54, 1.807) is 13.8 Å². The summed E-state index contributed by atoms with van der Waals surface area (Å²) < 4.78 is 0. The maximum absolute atomic E-state index is 12.6. The van der Waals surface area contributed by atoms with Crippen LogP contribution in [0.5, 0.6) is 0 Å². The van der Waals surface area contributed by atoms with Crippen molar-refractivity contribution in [3.63, 3.8) is 0 Å². The lowest BCUT2D eigenvalue weighted by molar-refractivity contribution is -0.143. The Hall–Kier alpha value is -2.98. The summed E-state index contributed by atoms with van der Waals surface area (Å²) in [5, 5.41) is 26.5. The van der Waals surface area contributed by atoms with Crippen molar-refractivity contribution in [3.8, 4) is 0 Å². The third kappa shape index (κ3) is 8.27. The zero-order valence-electron chi connectivity index (χ0n) is 18.9. The van der Waals surface area contributed by atoms with Crippen molar-refractivity contribution >= 4 is 23.7 Å². The Balaban J connectivity index is 2.74. The van der Waals surface area contributed by atoms with E-state index in [1.165, 1.54) is 13.8 Å². The van der Waals surface area contributed by atoms with Crippen LogP contribution in [-0.4, -0.2) is 64.2 Å². The van der Waals surface area contributed by atoms with Gasteiger partial charge in [0, 0.05) is 0 Å². The molecule has 0 saturated heterocycles. The number of carbonyl (C=O) groups is 4. The largest absolute Gasteiger partial charge is 0.480 e. The molecule has 0 aliphatic heterocycles. The van der Waals surface area contributed by atoms with Gasteiger partial charge in [-0.05, 0) is 31.7 Å². The molecule has 1 rings (SSSR count). The van der Waals surface area contributed by atoms with Crippen molar-refractivity contribution in [2.75, 3.05) is 0 Å². The molecule has 0 spiro atoms. The van der Waals surface area contributed by atoms with Gasteiger partial charge in [-0.3, -0.25) is 14.4 Å². The highest BCUT2D eigenvalue weighted by atomic mass is 16.4. The van der Waals surface area contributed by atoms with Crippen molar-refractivity contribution in [1.82, 2.24) is 16.0 Å². The monoisotopic (exact) mass is 450 g/mol. The van der Waals surface area contributed by atoms with Crippen LogP contribution in [0.25, 0.3) is 0 Å². The zero-order chi connectivity index (χ0) is 24.4. The van der Waals surface area contributed by atoms with Crippen LogP contribution in [0.1, 0.15) is 39.7 Å². The predicted molar refractivity (Wildman–Crippen MR) is 118 cm³/mol. The maximum atomic E-state index is 12.6. The van der Waals surface area contributed by atoms with E-state index in [9.17, 15) is 29.4 Å². The van der Waals surface area contributed by atoms with Gasteiger partial charge in [0.15, 0.2) is 0 Å². The molecule has 32 heavy (non-hydrogen) atoms. The van der Waals surface area contributed by atoms with Crippen molar-refractivity contribution in [2.45, 2.75) is 70.8 Å². The molecule has 1 aromatic carbocycles. The Labute approximate surface area is 187 Å². The number of carbonyl (C=O) groups excluding carboxylic acids is 3. The molecule has 0 radical (unpaired) electrons. The van der Waals surface area contributed by atoms with Crippen molar-refractivity contribution < 1.29 is 29.4 Å². The van der Waals surface area contributed by atoms with Gasteiger partial charge >= 0.3 is 5.97 Å². The van der Waals surface area contributed by atoms with Gasteiger partial charge in [0.2, 0.25) is 17.7 Å². The zero-order valence-corrected chi connectivity index (χ0v) is 18.9. The van der Waals surface area contributed by atoms with Crippen LogP contribution in [0, 0.1) is 5.92 Å². The lowest BCUT2D eigenvalue weighted by Gasteiger charge is -2.26. The fourth-order valence-corrected chi connectivity index (χ4v) is 2.96. The molecule has 7 N–H and O–H groups in total. The van der Waals surface area contributed by atoms with E-state index in [2.05, 4.69) is 16.0 Å². The number of aliphatic hydroxyl groups excluding tert-OH is 1. The summed E-state index contributed by atoms with van der Waals surface area (Å²) in [4.78, 5) is 48.8. The lowest BCUT2D eigenvalue weighted by Crippen LogP contribution is -2.59. The van der Waals surface area contributed by atoms with Gasteiger partial charge in [-0.1, -0.05) is 50.6 Å². The molecule has 0 aromatic heterocycles. The molecule has 10 heteroatoms. The highest BCUT2D eigenvalue weighted by molar-refractivity contribution is 5.94. The van der Waals surface area contributed by atoms with E-state index in [-0.39, 0.29) is 12.3 Å².